The highest BCUT2D eigenvalue weighted by molar-refractivity contribution is 14.0. The third kappa shape index (κ3) is 7.05. The van der Waals surface area contributed by atoms with Crippen LogP contribution in [0, 0.1) is 0 Å². The lowest BCUT2D eigenvalue weighted by molar-refractivity contribution is -0.141. The number of aromatic nitrogens is 2. The average molecular weight is 458 g/mol. The first-order valence-electron chi connectivity index (χ1n) is 7.66. The van der Waals surface area contributed by atoms with E-state index in [1.165, 1.54) is 19.3 Å². The number of halogens is 4. The Bertz CT molecular complexity index is 531. The van der Waals surface area contributed by atoms with Crippen LogP contribution in [0.4, 0.5) is 19.1 Å². The Balaban J connectivity index is 0.00000288. The average Bonchev–Trinajstić information content (AvgIpc) is 2.52. The third-order valence-corrected chi connectivity index (χ3v) is 3.58. The smallest absolute Gasteiger partial charge is 0.370 e. The van der Waals surface area contributed by atoms with Crippen LogP contribution in [-0.4, -0.2) is 35.1 Å². The number of rotatable bonds is 5. The van der Waals surface area contributed by atoms with Crippen LogP contribution in [-0.2, 0) is 6.18 Å². The van der Waals surface area contributed by atoms with Crippen LogP contribution < -0.4 is 16.4 Å². The molecule has 0 bridgehead atoms. The summed E-state index contributed by atoms with van der Waals surface area (Å²) >= 11 is 0. The van der Waals surface area contributed by atoms with Gasteiger partial charge in [0.2, 0.25) is 5.95 Å². The van der Waals surface area contributed by atoms with E-state index in [0.29, 0.717) is 25.1 Å². The first-order chi connectivity index (χ1) is 10.9. The summed E-state index contributed by atoms with van der Waals surface area (Å²) in [7, 11) is 0. The Morgan fingerprint density at radius 2 is 2.00 bits per heavy atom. The van der Waals surface area contributed by atoms with Crippen molar-refractivity contribution in [1.29, 1.82) is 0 Å². The Morgan fingerprint density at radius 1 is 1.29 bits per heavy atom. The zero-order valence-corrected chi connectivity index (χ0v) is 15.5. The summed E-state index contributed by atoms with van der Waals surface area (Å²) in [4.78, 5) is 11.3. The maximum atomic E-state index is 12.5. The number of nitrogens with two attached hydrogens (primary N) is 1. The lowest BCUT2D eigenvalue weighted by Gasteiger charge is -2.23. The van der Waals surface area contributed by atoms with Crippen molar-refractivity contribution in [2.45, 2.75) is 44.3 Å². The molecule has 10 heteroatoms. The summed E-state index contributed by atoms with van der Waals surface area (Å²) < 4.78 is 37.6. The number of anilines is 1. The predicted molar refractivity (Wildman–Crippen MR) is 97.4 cm³/mol. The van der Waals surface area contributed by atoms with E-state index in [4.69, 9.17) is 5.73 Å². The molecule has 0 atom stereocenters. The third-order valence-electron chi connectivity index (χ3n) is 3.58. The second kappa shape index (κ2) is 9.84. The summed E-state index contributed by atoms with van der Waals surface area (Å²) in [6, 6.07) is 1.20. The highest BCUT2D eigenvalue weighted by atomic mass is 127. The number of aliphatic imine (C=N–C) groups is 1. The fourth-order valence-corrected chi connectivity index (χ4v) is 2.45. The molecule has 1 aromatic rings. The molecular formula is C14H22F3IN6. The Morgan fingerprint density at radius 3 is 2.67 bits per heavy atom. The molecule has 0 aromatic carbocycles. The first-order valence-corrected chi connectivity index (χ1v) is 7.66. The maximum Gasteiger partial charge on any atom is 0.433 e. The van der Waals surface area contributed by atoms with Crippen LogP contribution in [0.3, 0.4) is 0 Å². The quantitative estimate of drug-likeness (QED) is 0.274. The van der Waals surface area contributed by atoms with Crippen molar-refractivity contribution < 1.29 is 13.2 Å². The van der Waals surface area contributed by atoms with Gasteiger partial charge in [-0.05, 0) is 18.9 Å². The normalized spacial score (nSPS) is 16.4. The molecule has 24 heavy (non-hydrogen) atoms. The highest BCUT2D eigenvalue weighted by Gasteiger charge is 2.32. The fraction of sp³-hybridized carbons (Fsp3) is 0.643. The van der Waals surface area contributed by atoms with E-state index < -0.39 is 11.9 Å². The molecule has 6 nitrogen and oxygen atoms in total. The van der Waals surface area contributed by atoms with Gasteiger partial charge in [0, 0.05) is 18.8 Å². The van der Waals surface area contributed by atoms with Crippen LogP contribution in [0.25, 0.3) is 0 Å². The van der Waals surface area contributed by atoms with Gasteiger partial charge in [-0.3, -0.25) is 4.99 Å². The van der Waals surface area contributed by atoms with E-state index in [1.807, 2.05) is 0 Å². The molecule has 0 unspecified atom stereocenters. The molecule has 0 spiro atoms. The number of nitrogens with one attached hydrogen (secondary N) is 2. The molecule has 1 fully saturated rings. The number of nitrogens with zero attached hydrogens (tertiary/aromatic N) is 3. The van der Waals surface area contributed by atoms with Gasteiger partial charge in [-0.25, -0.2) is 9.97 Å². The number of guanidine groups is 1. The molecule has 0 amide bonds. The van der Waals surface area contributed by atoms with Gasteiger partial charge in [0.25, 0.3) is 0 Å². The standard InChI is InChI=1S/C14H21F3N6.HI/c15-14(16,17)11-6-7-20-13(23-11)21-9-8-19-12(18)22-10-4-2-1-3-5-10;/h6-7,10H,1-5,8-9H2,(H3,18,19,22)(H,20,21,23);1H. The van der Waals surface area contributed by atoms with Crippen LogP contribution in [0.1, 0.15) is 37.8 Å². The van der Waals surface area contributed by atoms with Crippen molar-refractivity contribution in [3.8, 4) is 0 Å². The van der Waals surface area contributed by atoms with Crippen LogP contribution in [0.5, 0.6) is 0 Å². The molecule has 0 saturated heterocycles. The van der Waals surface area contributed by atoms with E-state index in [-0.39, 0.29) is 29.9 Å². The SMILES string of the molecule is I.NC(=NCCNc1nccc(C(F)(F)F)n1)NC1CCCCC1. The van der Waals surface area contributed by atoms with Crippen molar-refractivity contribution in [2.75, 3.05) is 18.4 Å². The molecule has 4 N–H and O–H groups in total. The molecule has 1 aromatic heterocycles. The number of hydrogen-bond acceptors (Lipinski definition) is 4. The van der Waals surface area contributed by atoms with Gasteiger partial charge in [0.1, 0.15) is 5.69 Å². The second-order valence-corrected chi connectivity index (χ2v) is 5.44. The predicted octanol–water partition coefficient (Wildman–Crippen LogP) is 2.76. The Hall–Kier alpha value is -1.33. The largest absolute Gasteiger partial charge is 0.433 e. The lowest BCUT2D eigenvalue weighted by Crippen LogP contribution is -2.41. The van der Waals surface area contributed by atoms with Crippen molar-refractivity contribution in [1.82, 2.24) is 15.3 Å². The van der Waals surface area contributed by atoms with Crippen molar-refractivity contribution in [3.63, 3.8) is 0 Å². The lowest BCUT2D eigenvalue weighted by atomic mass is 9.96. The van der Waals surface area contributed by atoms with Gasteiger partial charge in [0.15, 0.2) is 5.96 Å². The van der Waals surface area contributed by atoms with E-state index in [2.05, 4.69) is 25.6 Å². The minimum atomic E-state index is -4.48. The molecule has 0 aliphatic heterocycles. The van der Waals surface area contributed by atoms with Gasteiger partial charge in [-0.15, -0.1) is 24.0 Å². The minimum absolute atomic E-state index is 0. The second-order valence-electron chi connectivity index (χ2n) is 5.44. The molecule has 1 aliphatic rings. The van der Waals surface area contributed by atoms with E-state index in [9.17, 15) is 13.2 Å². The van der Waals surface area contributed by atoms with Gasteiger partial charge in [-0.1, -0.05) is 19.3 Å². The molecule has 1 saturated carbocycles. The zero-order chi connectivity index (χ0) is 16.7. The van der Waals surface area contributed by atoms with Gasteiger partial charge >= 0.3 is 6.18 Å². The Labute approximate surface area is 155 Å². The Kier molecular flexibility index (Phi) is 8.50. The summed E-state index contributed by atoms with van der Waals surface area (Å²) in [6.07, 6.45) is 2.42. The molecule has 1 heterocycles. The topological polar surface area (TPSA) is 88.2 Å². The summed E-state index contributed by atoms with van der Waals surface area (Å²) in [6.45, 7) is 0.625. The van der Waals surface area contributed by atoms with E-state index >= 15 is 0 Å². The van der Waals surface area contributed by atoms with Crippen molar-refractivity contribution in [2.24, 2.45) is 10.7 Å². The molecule has 1 aliphatic carbocycles. The van der Waals surface area contributed by atoms with Crippen molar-refractivity contribution in [3.05, 3.63) is 18.0 Å². The minimum Gasteiger partial charge on any atom is -0.370 e. The summed E-state index contributed by atoms with van der Waals surface area (Å²) in [5.41, 5.74) is 4.82. The van der Waals surface area contributed by atoms with Crippen molar-refractivity contribution >= 4 is 35.9 Å². The van der Waals surface area contributed by atoms with Gasteiger partial charge in [0.05, 0.1) is 6.54 Å². The first kappa shape index (κ1) is 20.7. The summed E-state index contributed by atoms with van der Waals surface area (Å²) in [5.74, 6) is 0.289. The van der Waals surface area contributed by atoms with Crippen LogP contribution in [0.2, 0.25) is 0 Å². The highest BCUT2D eigenvalue weighted by Crippen LogP contribution is 2.27. The fourth-order valence-electron chi connectivity index (χ4n) is 2.45. The maximum absolute atomic E-state index is 12.5. The summed E-state index contributed by atoms with van der Waals surface area (Å²) in [5, 5.41) is 5.87. The van der Waals surface area contributed by atoms with Crippen LogP contribution in [0.15, 0.2) is 17.3 Å². The monoisotopic (exact) mass is 458 g/mol. The van der Waals surface area contributed by atoms with Gasteiger partial charge in [-0.2, -0.15) is 13.2 Å². The zero-order valence-electron chi connectivity index (χ0n) is 13.1. The molecule has 0 radical (unpaired) electrons. The molecule has 2 rings (SSSR count). The molecular weight excluding hydrogens is 436 g/mol. The van der Waals surface area contributed by atoms with E-state index in [0.717, 1.165) is 25.1 Å². The molecule has 136 valence electrons. The van der Waals surface area contributed by atoms with E-state index in [1.54, 1.807) is 0 Å². The van der Waals surface area contributed by atoms with Crippen LogP contribution >= 0.6 is 24.0 Å². The number of hydrogen-bond donors (Lipinski definition) is 3. The van der Waals surface area contributed by atoms with Gasteiger partial charge < -0.3 is 16.4 Å². The number of alkyl halides is 3.